The first-order valence-corrected chi connectivity index (χ1v) is 8.67. The quantitative estimate of drug-likeness (QED) is 0.787. The van der Waals surface area contributed by atoms with Crippen molar-refractivity contribution < 1.29 is 14.3 Å². The molecule has 0 spiro atoms. The second-order valence-corrected chi connectivity index (χ2v) is 6.34. The van der Waals surface area contributed by atoms with Crippen LogP contribution in [0.1, 0.15) is 33.8 Å². The van der Waals surface area contributed by atoms with E-state index in [9.17, 15) is 9.59 Å². The molecule has 130 valence electrons. The SMILES string of the molecule is Cc1ccccc1[C@@H](CC(=O)c1ccccc1)C(=O)N1CCOCC1. The smallest absolute Gasteiger partial charge is 0.230 e. The van der Waals surface area contributed by atoms with Crippen LogP contribution < -0.4 is 0 Å². The second-order valence-electron chi connectivity index (χ2n) is 6.34. The molecular formula is C21H23NO3. The third kappa shape index (κ3) is 4.15. The Morgan fingerprint density at radius 1 is 1.00 bits per heavy atom. The number of carbonyl (C=O) groups is 2. The molecule has 2 aromatic rings. The second kappa shape index (κ2) is 8.08. The maximum absolute atomic E-state index is 13.1. The molecule has 4 heteroatoms. The van der Waals surface area contributed by atoms with Gasteiger partial charge in [0.15, 0.2) is 5.78 Å². The lowest BCUT2D eigenvalue weighted by Gasteiger charge is -2.31. The fraction of sp³-hybridized carbons (Fsp3) is 0.333. The van der Waals surface area contributed by atoms with E-state index in [-0.39, 0.29) is 18.1 Å². The third-order valence-corrected chi connectivity index (χ3v) is 4.67. The van der Waals surface area contributed by atoms with E-state index in [0.29, 0.717) is 31.9 Å². The minimum absolute atomic E-state index is 0.00420. The highest BCUT2D eigenvalue weighted by Gasteiger charge is 2.30. The molecule has 1 atom stereocenters. The van der Waals surface area contributed by atoms with E-state index in [1.54, 1.807) is 12.1 Å². The Hall–Kier alpha value is -2.46. The monoisotopic (exact) mass is 337 g/mol. The molecule has 0 radical (unpaired) electrons. The molecule has 1 amide bonds. The van der Waals surface area contributed by atoms with Gasteiger partial charge in [0.25, 0.3) is 0 Å². The van der Waals surface area contributed by atoms with Gasteiger partial charge in [-0.3, -0.25) is 9.59 Å². The summed E-state index contributed by atoms with van der Waals surface area (Å²) in [7, 11) is 0. The summed E-state index contributed by atoms with van der Waals surface area (Å²) in [5.74, 6) is -0.440. The zero-order valence-electron chi connectivity index (χ0n) is 14.5. The van der Waals surface area contributed by atoms with Crippen LogP contribution in [0.4, 0.5) is 0 Å². The number of Topliss-reactive ketones (excluding diaryl/α,β-unsaturated/α-hetero) is 1. The predicted octanol–water partition coefficient (Wildman–Crippen LogP) is 3.21. The van der Waals surface area contributed by atoms with Crippen molar-refractivity contribution in [2.45, 2.75) is 19.3 Å². The fourth-order valence-electron chi connectivity index (χ4n) is 3.24. The van der Waals surface area contributed by atoms with Crippen molar-refractivity contribution in [3.8, 4) is 0 Å². The van der Waals surface area contributed by atoms with Crippen LogP contribution in [-0.2, 0) is 9.53 Å². The van der Waals surface area contributed by atoms with Gasteiger partial charge >= 0.3 is 0 Å². The van der Waals surface area contributed by atoms with E-state index in [1.165, 1.54) is 0 Å². The summed E-state index contributed by atoms with van der Waals surface area (Å²) in [4.78, 5) is 27.7. The van der Waals surface area contributed by atoms with Crippen LogP contribution in [0.2, 0.25) is 0 Å². The molecule has 3 rings (SSSR count). The van der Waals surface area contributed by atoms with E-state index in [1.807, 2.05) is 54.3 Å². The van der Waals surface area contributed by atoms with Crippen molar-refractivity contribution in [1.82, 2.24) is 4.90 Å². The highest BCUT2D eigenvalue weighted by Crippen LogP contribution is 2.27. The standard InChI is InChI=1S/C21H23NO3/c1-16-7-5-6-10-18(16)19(21(24)22-11-13-25-14-12-22)15-20(23)17-8-3-2-4-9-17/h2-10,19H,11-15H2,1H3/t19-/m1/s1. The van der Waals surface area contributed by atoms with Crippen LogP contribution >= 0.6 is 0 Å². The number of nitrogens with zero attached hydrogens (tertiary/aromatic N) is 1. The van der Waals surface area contributed by atoms with Crippen LogP contribution in [0.5, 0.6) is 0 Å². The van der Waals surface area contributed by atoms with Gasteiger partial charge in [-0.05, 0) is 18.1 Å². The Kier molecular flexibility index (Phi) is 5.61. The number of hydrogen-bond donors (Lipinski definition) is 0. The molecule has 0 saturated carbocycles. The predicted molar refractivity (Wildman–Crippen MR) is 96.7 cm³/mol. The molecule has 1 fully saturated rings. The molecule has 0 bridgehead atoms. The lowest BCUT2D eigenvalue weighted by molar-refractivity contribution is -0.136. The molecule has 0 unspecified atom stereocenters. The van der Waals surface area contributed by atoms with Gasteiger partial charge in [-0.1, -0.05) is 54.6 Å². The number of amides is 1. The van der Waals surface area contributed by atoms with E-state index < -0.39 is 5.92 Å². The molecule has 1 saturated heterocycles. The van der Waals surface area contributed by atoms with Gasteiger partial charge in [-0.2, -0.15) is 0 Å². The Labute approximate surface area is 148 Å². The number of benzene rings is 2. The number of aryl methyl sites for hydroxylation is 1. The van der Waals surface area contributed by atoms with Gasteiger partial charge in [-0.25, -0.2) is 0 Å². The highest BCUT2D eigenvalue weighted by molar-refractivity contribution is 6.00. The average Bonchev–Trinajstić information content (AvgIpc) is 2.67. The number of ether oxygens (including phenoxy) is 1. The molecule has 0 aromatic heterocycles. The van der Waals surface area contributed by atoms with E-state index in [0.717, 1.165) is 11.1 Å². The first-order valence-electron chi connectivity index (χ1n) is 8.67. The lowest BCUT2D eigenvalue weighted by Crippen LogP contribution is -2.43. The summed E-state index contributed by atoms with van der Waals surface area (Å²) < 4.78 is 5.35. The van der Waals surface area contributed by atoms with Gasteiger partial charge in [0.2, 0.25) is 5.91 Å². The zero-order chi connectivity index (χ0) is 17.6. The number of morpholine rings is 1. The van der Waals surface area contributed by atoms with Crippen molar-refractivity contribution in [3.63, 3.8) is 0 Å². The van der Waals surface area contributed by atoms with Crippen molar-refractivity contribution >= 4 is 11.7 Å². The summed E-state index contributed by atoms with van der Waals surface area (Å²) in [6, 6.07) is 17.0. The molecule has 0 N–H and O–H groups in total. The Morgan fingerprint density at radius 3 is 2.32 bits per heavy atom. The number of rotatable bonds is 5. The van der Waals surface area contributed by atoms with Gasteiger partial charge in [0.1, 0.15) is 0 Å². The largest absolute Gasteiger partial charge is 0.378 e. The zero-order valence-corrected chi connectivity index (χ0v) is 14.5. The van der Waals surface area contributed by atoms with E-state index in [4.69, 9.17) is 4.74 Å². The van der Waals surface area contributed by atoms with Gasteiger partial charge in [0, 0.05) is 25.1 Å². The van der Waals surface area contributed by atoms with Gasteiger partial charge in [-0.15, -0.1) is 0 Å². The van der Waals surface area contributed by atoms with Crippen LogP contribution in [0.15, 0.2) is 54.6 Å². The van der Waals surface area contributed by atoms with Crippen molar-refractivity contribution in [2.75, 3.05) is 26.3 Å². The molecular weight excluding hydrogens is 314 g/mol. The van der Waals surface area contributed by atoms with Crippen LogP contribution in [0.3, 0.4) is 0 Å². The van der Waals surface area contributed by atoms with Gasteiger partial charge in [0.05, 0.1) is 19.1 Å². The molecule has 25 heavy (non-hydrogen) atoms. The average molecular weight is 337 g/mol. The Morgan fingerprint density at radius 2 is 1.64 bits per heavy atom. The van der Waals surface area contributed by atoms with E-state index >= 15 is 0 Å². The minimum atomic E-state index is -0.452. The number of carbonyl (C=O) groups excluding carboxylic acids is 2. The maximum Gasteiger partial charge on any atom is 0.230 e. The Bertz CT molecular complexity index is 736. The summed E-state index contributed by atoms with van der Waals surface area (Å²) in [6.07, 6.45) is 0.186. The third-order valence-electron chi connectivity index (χ3n) is 4.67. The Balaban J connectivity index is 1.87. The number of ketones is 1. The maximum atomic E-state index is 13.1. The van der Waals surface area contributed by atoms with Crippen LogP contribution in [0, 0.1) is 6.92 Å². The first-order chi connectivity index (χ1) is 12.2. The molecule has 1 heterocycles. The van der Waals surface area contributed by atoms with Crippen LogP contribution in [0.25, 0.3) is 0 Å². The summed E-state index contributed by atoms with van der Waals surface area (Å²) >= 11 is 0. The molecule has 1 aliphatic rings. The summed E-state index contributed by atoms with van der Waals surface area (Å²) in [5.41, 5.74) is 2.62. The lowest BCUT2D eigenvalue weighted by atomic mass is 9.87. The van der Waals surface area contributed by atoms with Gasteiger partial charge < -0.3 is 9.64 Å². The minimum Gasteiger partial charge on any atom is -0.378 e. The molecule has 4 nitrogen and oxygen atoms in total. The van der Waals surface area contributed by atoms with Crippen molar-refractivity contribution in [3.05, 3.63) is 71.3 Å². The fourth-order valence-corrected chi connectivity index (χ4v) is 3.24. The molecule has 0 aliphatic carbocycles. The first kappa shape index (κ1) is 17.4. The molecule has 1 aliphatic heterocycles. The van der Waals surface area contributed by atoms with Crippen molar-refractivity contribution in [1.29, 1.82) is 0 Å². The summed E-state index contributed by atoms with van der Waals surface area (Å²) in [5, 5.41) is 0. The van der Waals surface area contributed by atoms with Crippen LogP contribution in [-0.4, -0.2) is 42.9 Å². The van der Waals surface area contributed by atoms with E-state index in [2.05, 4.69) is 0 Å². The highest BCUT2D eigenvalue weighted by atomic mass is 16.5. The normalized spacial score (nSPS) is 15.6. The van der Waals surface area contributed by atoms with Crippen molar-refractivity contribution in [2.24, 2.45) is 0 Å². The topological polar surface area (TPSA) is 46.6 Å². The summed E-state index contributed by atoms with van der Waals surface area (Å²) in [6.45, 7) is 4.27. The molecule has 2 aromatic carbocycles. The number of hydrogen-bond acceptors (Lipinski definition) is 3.